The molecule has 4 heteroatoms. The Balaban J connectivity index is 2.27. The Labute approximate surface area is 263 Å². The first kappa shape index (κ1) is 36.6. The minimum atomic E-state index is -0.555. The highest BCUT2D eigenvalue weighted by atomic mass is 35.5. The molecule has 0 atom stereocenters. The maximum absolute atomic E-state index is 12.2. The summed E-state index contributed by atoms with van der Waals surface area (Å²) in [6.07, 6.45) is 26.5. The summed E-state index contributed by atoms with van der Waals surface area (Å²) in [5.41, 5.74) is 1.38. The minimum absolute atomic E-state index is 0.0862. The predicted octanol–water partition coefficient (Wildman–Crippen LogP) is 11.5. The van der Waals surface area contributed by atoms with E-state index in [-0.39, 0.29) is 5.02 Å². The van der Waals surface area contributed by atoms with Gasteiger partial charge in [0.1, 0.15) is 5.02 Å². The van der Waals surface area contributed by atoms with E-state index < -0.39 is 10.9 Å². The monoisotopic (exact) mass is 599 g/mol. The average Bonchev–Trinajstić information content (AvgIpc) is 3.01. The van der Waals surface area contributed by atoms with Gasteiger partial charge >= 0.3 is 0 Å². The fourth-order valence-corrected chi connectivity index (χ4v) is 6.74. The Hall–Kier alpha value is -1.61. The fraction of sp³-hybridized carbons (Fsp3) is 0.737. The molecule has 0 fully saturated rings. The Morgan fingerprint density at radius 1 is 0.548 bits per heavy atom. The van der Waals surface area contributed by atoms with E-state index in [2.05, 4.69) is 44.7 Å². The van der Waals surface area contributed by atoms with Crippen molar-refractivity contribution in [3.05, 3.63) is 49.7 Å². The van der Waals surface area contributed by atoms with Crippen molar-refractivity contribution >= 4 is 17.3 Å². The van der Waals surface area contributed by atoms with Crippen LogP contribution in [0.15, 0.2) is 33.9 Å². The number of benzene rings is 1. The van der Waals surface area contributed by atoms with Crippen molar-refractivity contribution in [1.82, 2.24) is 0 Å². The number of anilines is 1. The third-order valence-electron chi connectivity index (χ3n) is 9.19. The van der Waals surface area contributed by atoms with Gasteiger partial charge < -0.3 is 4.90 Å². The smallest absolute Gasteiger partial charge is 0.245 e. The topological polar surface area (TPSA) is 37.4 Å². The van der Waals surface area contributed by atoms with Gasteiger partial charge in [0.25, 0.3) is 0 Å². The summed E-state index contributed by atoms with van der Waals surface area (Å²) in [5, 5.41) is 0.0862. The summed E-state index contributed by atoms with van der Waals surface area (Å²) in [5.74, 6) is 1.42. The lowest BCUT2D eigenvalue weighted by molar-refractivity contribution is 0.368. The molecule has 238 valence electrons. The molecule has 0 saturated heterocycles. The van der Waals surface area contributed by atoms with Crippen LogP contribution in [0.1, 0.15) is 156 Å². The van der Waals surface area contributed by atoms with Crippen molar-refractivity contribution in [2.24, 2.45) is 11.8 Å². The van der Waals surface area contributed by atoms with Gasteiger partial charge in [0.2, 0.25) is 10.9 Å². The lowest BCUT2D eigenvalue weighted by atomic mass is 9.91. The number of nitrogens with zero attached hydrogens (tertiary/aromatic N) is 1. The van der Waals surface area contributed by atoms with Crippen LogP contribution in [0.2, 0.25) is 5.02 Å². The zero-order valence-electron chi connectivity index (χ0n) is 27.7. The van der Waals surface area contributed by atoms with Gasteiger partial charge in [-0.05, 0) is 55.2 Å². The van der Waals surface area contributed by atoms with Crippen molar-refractivity contribution in [2.45, 2.75) is 156 Å². The molecule has 0 amide bonds. The largest absolute Gasteiger partial charge is 0.371 e. The van der Waals surface area contributed by atoms with Crippen LogP contribution in [0.5, 0.6) is 0 Å². The molecule has 0 unspecified atom stereocenters. The van der Waals surface area contributed by atoms with Gasteiger partial charge in [-0.2, -0.15) is 0 Å². The Bertz CT molecular complexity index is 969. The molecular formula is C38H62ClNO2. The van der Waals surface area contributed by atoms with Crippen LogP contribution >= 0.6 is 11.6 Å². The van der Waals surface area contributed by atoms with Crippen molar-refractivity contribution in [2.75, 3.05) is 18.0 Å². The number of unbranched alkanes of at least 4 members (excludes halogenated alkanes) is 12. The highest BCUT2D eigenvalue weighted by Crippen LogP contribution is 2.30. The van der Waals surface area contributed by atoms with Crippen molar-refractivity contribution in [3.63, 3.8) is 0 Å². The molecule has 2 rings (SSSR count). The van der Waals surface area contributed by atoms with Gasteiger partial charge in [-0.3, -0.25) is 9.59 Å². The standard InChI is InChI=1S/C38H62ClNO2/c1-5-9-13-17-21-31(22-18-14-10-6-2)29-40(30-32(23-19-15-11-7-3)24-20-16-12-8-4)34-27-25-33(26-28-34)35-36(39)38(42)37(35)41/h25-28,31-32H,5-24,29-30H2,1-4H3. The molecule has 0 radical (unpaired) electrons. The second-order valence-electron chi connectivity index (χ2n) is 12.9. The van der Waals surface area contributed by atoms with Crippen LogP contribution in [0.3, 0.4) is 0 Å². The zero-order valence-corrected chi connectivity index (χ0v) is 28.4. The van der Waals surface area contributed by atoms with Crippen molar-refractivity contribution in [3.8, 4) is 11.1 Å². The van der Waals surface area contributed by atoms with Gasteiger partial charge in [0.15, 0.2) is 0 Å². The molecule has 0 bridgehead atoms. The summed E-state index contributed by atoms with van der Waals surface area (Å²) < 4.78 is 0. The maximum atomic E-state index is 12.2. The van der Waals surface area contributed by atoms with E-state index in [0.29, 0.717) is 17.4 Å². The third kappa shape index (κ3) is 12.9. The molecule has 0 spiro atoms. The van der Waals surface area contributed by atoms with E-state index in [9.17, 15) is 9.59 Å². The first-order valence-corrected chi connectivity index (χ1v) is 18.2. The molecule has 0 saturated carbocycles. The molecule has 0 aliphatic heterocycles. The van der Waals surface area contributed by atoms with Crippen LogP contribution in [0.4, 0.5) is 5.69 Å². The normalized spacial score (nSPS) is 11.8. The second-order valence-corrected chi connectivity index (χ2v) is 13.3. The van der Waals surface area contributed by atoms with Gasteiger partial charge in [-0.1, -0.05) is 154 Å². The molecule has 2 aromatic rings. The molecule has 0 aliphatic carbocycles. The van der Waals surface area contributed by atoms with E-state index in [1.165, 1.54) is 134 Å². The SMILES string of the molecule is CCCCCCC(CCCCCC)CN(CC(CCCCCC)CCCCCC)c1ccc(-c2c(Cl)c(=O)c2=O)cc1. The van der Waals surface area contributed by atoms with Crippen LogP contribution in [0, 0.1) is 11.8 Å². The molecule has 3 nitrogen and oxygen atoms in total. The second kappa shape index (κ2) is 22.0. The number of hydrogen-bond acceptors (Lipinski definition) is 3. The minimum Gasteiger partial charge on any atom is -0.371 e. The van der Waals surface area contributed by atoms with Crippen LogP contribution < -0.4 is 15.8 Å². The highest BCUT2D eigenvalue weighted by molar-refractivity contribution is 6.34. The molecule has 42 heavy (non-hydrogen) atoms. The van der Waals surface area contributed by atoms with Crippen molar-refractivity contribution in [1.29, 1.82) is 0 Å². The van der Waals surface area contributed by atoms with Crippen molar-refractivity contribution < 1.29 is 0 Å². The van der Waals surface area contributed by atoms with Gasteiger partial charge in [-0.25, -0.2) is 0 Å². The van der Waals surface area contributed by atoms with E-state index in [1.807, 2.05) is 12.1 Å². The maximum Gasteiger partial charge on any atom is 0.245 e. The molecular weight excluding hydrogens is 538 g/mol. The lowest BCUT2D eigenvalue weighted by Gasteiger charge is -2.33. The average molecular weight is 600 g/mol. The third-order valence-corrected chi connectivity index (χ3v) is 9.55. The summed E-state index contributed by atoms with van der Waals surface area (Å²) in [6.45, 7) is 11.4. The fourth-order valence-electron chi connectivity index (χ4n) is 6.46. The highest BCUT2D eigenvalue weighted by Gasteiger charge is 2.22. The number of halogens is 1. The quantitative estimate of drug-likeness (QED) is 0.0797. The Kier molecular flexibility index (Phi) is 19.1. The zero-order chi connectivity index (χ0) is 30.6. The number of rotatable bonds is 26. The summed E-state index contributed by atoms with van der Waals surface area (Å²) in [7, 11) is 0. The van der Waals surface area contributed by atoms with E-state index in [0.717, 1.165) is 18.7 Å². The van der Waals surface area contributed by atoms with Gasteiger partial charge in [-0.15, -0.1) is 0 Å². The summed E-state index contributed by atoms with van der Waals surface area (Å²) >= 11 is 6.12. The van der Waals surface area contributed by atoms with E-state index in [4.69, 9.17) is 11.6 Å². The number of hydrogen-bond donors (Lipinski definition) is 0. The van der Waals surface area contributed by atoms with Gasteiger partial charge in [0, 0.05) is 18.8 Å². The molecule has 0 aromatic heterocycles. The Morgan fingerprint density at radius 2 is 0.929 bits per heavy atom. The molecule has 2 aromatic carbocycles. The molecule has 0 heterocycles. The predicted molar refractivity (Wildman–Crippen MR) is 186 cm³/mol. The summed E-state index contributed by atoms with van der Waals surface area (Å²) in [4.78, 5) is 26.6. The van der Waals surface area contributed by atoms with E-state index in [1.54, 1.807) is 0 Å². The first-order valence-electron chi connectivity index (χ1n) is 17.8. The molecule has 0 aliphatic rings. The molecule has 0 N–H and O–H groups in total. The lowest BCUT2D eigenvalue weighted by Crippen LogP contribution is -2.35. The van der Waals surface area contributed by atoms with Crippen LogP contribution in [-0.2, 0) is 0 Å². The van der Waals surface area contributed by atoms with Crippen LogP contribution in [0.25, 0.3) is 11.1 Å². The van der Waals surface area contributed by atoms with Gasteiger partial charge in [0.05, 0.1) is 5.56 Å². The summed E-state index contributed by atoms with van der Waals surface area (Å²) in [6, 6.07) is 8.33. The van der Waals surface area contributed by atoms with E-state index >= 15 is 0 Å². The first-order chi connectivity index (χ1) is 20.5. The Morgan fingerprint density at radius 3 is 1.26 bits per heavy atom. The van der Waals surface area contributed by atoms with Crippen LogP contribution in [-0.4, -0.2) is 13.1 Å².